The first-order valence-electron chi connectivity index (χ1n) is 8.60. The number of hydrogen-bond acceptors (Lipinski definition) is 2. The van der Waals surface area contributed by atoms with E-state index in [1.807, 2.05) is 0 Å². The number of nitrogens with zero attached hydrogens (tertiary/aromatic N) is 2. The van der Waals surface area contributed by atoms with Crippen molar-refractivity contribution in [2.24, 2.45) is 10.9 Å². The first-order valence-corrected chi connectivity index (χ1v) is 8.60. The van der Waals surface area contributed by atoms with Crippen molar-refractivity contribution < 1.29 is 0 Å². The minimum absolute atomic E-state index is 0.775. The lowest BCUT2D eigenvalue weighted by atomic mass is 9.94. The van der Waals surface area contributed by atoms with Crippen molar-refractivity contribution in [1.29, 1.82) is 0 Å². The van der Waals surface area contributed by atoms with Crippen LogP contribution in [0.15, 0.2) is 29.0 Å². The maximum atomic E-state index is 4.59. The molecule has 0 saturated carbocycles. The Bertz CT molecular complexity index is 353. The van der Waals surface area contributed by atoms with Crippen LogP contribution in [-0.4, -0.2) is 24.2 Å². The fraction of sp³-hybridized carbons (Fsp3) is 0.737. The Morgan fingerprint density at radius 2 is 1.86 bits per heavy atom. The lowest BCUT2D eigenvalue weighted by Gasteiger charge is -2.24. The summed E-state index contributed by atoms with van der Waals surface area (Å²) in [5.74, 6) is 0.775. The Morgan fingerprint density at radius 1 is 1.19 bits per heavy atom. The molecule has 0 saturated heterocycles. The van der Waals surface area contributed by atoms with Crippen molar-refractivity contribution in [3.63, 3.8) is 0 Å². The second-order valence-electron chi connectivity index (χ2n) is 6.03. The summed E-state index contributed by atoms with van der Waals surface area (Å²) in [5, 5.41) is 0. The molecule has 2 nitrogen and oxygen atoms in total. The molecule has 0 radical (unpaired) electrons. The highest BCUT2D eigenvalue weighted by atomic mass is 15.1. The van der Waals surface area contributed by atoms with Crippen molar-refractivity contribution in [2.75, 3.05) is 13.6 Å². The highest BCUT2D eigenvalue weighted by Crippen LogP contribution is 2.20. The van der Waals surface area contributed by atoms with Gasteiger partial charge in [-0.3, -0.25) is 4.99 Å². The van der Waals surface area contributed by atoms with Gasteiger partial charge in [0, 0.05) is 31.2 Å². The molecule has 0 aliphatic carbocycles. The third-order valence-corrected chi connectivity index (χ3v) is 4.17. The molecule has 0 aliphatic heterocycles. The average molecular weight is 293 g/mol. The summed E-state index contributed by atoms with van der Waals surface area (Å²) in [5.41, 5.74) is 3.99. The predicted octanol–water partition coefficient (Wildman–Crippen LogP) is 5.81. The largest absolute Gasteiger partial charge is 0.378 e. The summed E-state index contributed by atoms with van der Waals surface area (Å²) in [6.07, 6.45) is 8.76. The molecule has 122 valence electrons. The van der Waals surface area contributed by atoms with Crippen molar-refractivity contribution in [3.05, 3.63) is 24.0 Å². The molecule has 0 rings (SSSR count). The average Bonchev–Trinajstić information content (AvgIpc) is 2.45. The van der Waals surface area contributed by atoms with E-state index in [0.717, 1.165) is 25.3 Å². The maximum Gasteiger partial charge on any atom is 0.0452 e. The fourth-order valence-corrected chi connectivity index (χ4v) is 2.83. The Labute approximate surface area is 133 Å². The Hall–Kier alpha value is -1.05. The number of allylic oxidation sites excluding steroid dienone is 2. The van der Waals surface area contributed by atoms with Crippen molar-refractivity contribution >= 4 is 5.71 Å². The monoisotopic (exact) mass is 292 g/mol. The number of aliphatic imine (C=N–C) groups is 1. The molecule has 21 heavy (non-hydrogen) atoms. The van der Waals surface area contributed by atoms with Crippen LogP contribution in [0.5, 0.6) is 0 Å². The lowest BCUT2D eigenvalue weighted by Crippen LogP contribution is -2.21. The normalized spacial score (nSPS) is 14.7. The van der Waals surface area contributed by atoms with Crippen LogP contribution in [0, 0.1) is 5.92 Å². The molecular weight excluding hydrogens is 256 g/mol. The molecule has 0 amide bonds. The minimum Gasteiger partial charge on any atom is -0.378 e. The predicted molar refractivity (Wildman–Crippen MR) is 96.9 cm³/mol. The summed E-state index contributed by atoms with van der Waals surface area (Å²) in [4.78, 5) is 6.94. The van der Waals surface area contributed by atoms with Gasteiger partial charge in [0.1, 0.15) is 0 Å². The lowest BCUT2D eigenvalue weighted by molar-refractivity contribution is 0.413. The van der Waals surface area contributed by atoms with E-state index in [9.17, 15) is 0 Å². The van der Waals surface area contributed by atoms with Crippen molar-refractivity contribution in [1.82, 2.24) is 4.90 Å². The molecule has 0 spiro atoms. The second-order valence-corrected chi connectivity index (χ2v) is 6.03. The topological polar surface area (TPSA) is 15.6 Å². The van der Waals surface area contributed by atoms with E-state index in [0.29, 0.717) is 0 Å². The molecule has 0 fully saturated rings. The zero-order valence-electron chi connectivity index (χ0n) is 15.2. The molecule has 0 aliphatic rings. The van der Waals surface area contributed by atoms with Gasteiger partial charge in [-0.25, -0.2) is 0 Å². The van der Waals surface area contributed by atoms with Crippen LogP contribution in [0.4, 0.5) is 0 Å². The molecule has 0 aromatic heterocycles. The summed E-state index contributed by atoms with van der Waals surface area (Å²) in [6, 6.07) is 0. The van der Waals surface area contributed by atoms with E-state index < -0.39 is 0 Å². The van der Waals surface area contributed by atoms with Crippen molar-refractivity contribution in [2.45, 2.75) is 73.1 Å². The van der Waals surface area contributed by atoms with Gasteiger partial charge in [-0.15, -0.1) is 0 Å². The van der Waals surface area contributed by atoms with Gasteiger partial charge in [0.25, 0.3) is 0 Å². The third-order valence-electron chi connectivity index (χ3n) is 4.17. The van der Waals surface area contributed by atoms with Crippen LogP contribution in [0.3, 0.4) is 0 Å². The Morgan fingerprint density at radius 3 is 2.33 bits per heavy atom. The van der Waals surface area contributed by atoms with E-state index in [1.165, 1.54) is 42.7 Å². The molecule has 0 heterocycles. The van der Waals surface area contributed by atoms with E-state index in [-0.39, 0.29) is 0 Å². The van der Waals surface area contributed by atoms with Gasteiger partial charge in [0.15, 0.2) is 0 Å². The van der Waals surface area contributed by atoms with Crippen molar-refractivity contribution in [3.8, 4) is 0 Å². The zero-order valence-corrected chi connectivity index (χ0v) is 15.2. The minimum atomic E-state index is 0.775. The summed E-state index contributed by atoms with van der Waals surface area (Å²) in [6.45, 7) is 16.2. The third kappa shape index (κ3) is 7.50. The van der Waals surface area contributed by atoms with Gasteiger partial charge in [0.05, 0.1) is 0 Å². The number of rotatable bonds is 11. The fourth-order valence-electron chi connectivity index (χ4n) is 2.83. The first-order chi connectivity index (χ1) is 10.0. The first kappa shape index (κ1) is 19.9. The summed E-state index contributed by atoms with van der Waals surface area (Å²) >= 11 is 0. The highest BCUT2D eigenvalue weighted by molar-refractivity contribution is 6.00. The Balaban J connectivity index is 5.08. The summed E-state index contributed by atoms with van der Waals surface area (Å²) in [7, 11) is 2.18. The van der Waals surface area contributed by atoms with Gasteiger partial charge in [0.2, 0.25) is 0 Å². The quantitative estimate of drug-likeness (QED) is 0.438. The van der Waals surface area contributed by atoms with E-state index in [4.69, 9.17) is 0 Å². The molecule has 0 bridgehead atoms. The molecule has 0 N–H and O–H groups in total. The SMILES string of the molecule is C=C/N=C(CCC(C)CCC)\C(CC)=C(/C)N(C)CCC. The molecule has 0 aromatic rings. The molecule has 1 atom stereocenters. The van der Waals surface area contributed by atoms with E-state index in [2.05, 4.69) is 58.1 Å². The molecule has 0 aromatic carbocycles. The van der Waals surface area contributed by atoms with Crippen LogP contribution in [0.2, 0.25) is 0 Å². The molecule has 2 heteroatoms. The molecular formula is C19H36N2. The van der Waals surface area contributed by atoms with Crippen LogP contribution >= 0.6 is 0 Å². The smallest absolute Gasteiger partial charge is 0.0452 e. The van der Waals surface area contributed by atoms with E-state index >= 15 is 0 Å². The van der Waals surface area contributed by atoms with Crippen LogP contribution in [0.25, 0.3) is 0 Å². The number of hydrogen-bond donors (Lipinski definition) is 0. The zero-order chi connectivity index (χ0) is 16.3. The van der Waals surface area contributed by atoms with Gasteiger partial charge in [-0.05, 0) is 44.1 Å². The second kappa shape index (κ2) is 11.6. The van der Waals surface area contributed by atoms with Crippen LogP contribution < -0.4 is 0 Å². The van der Waals surface area contributed by atoms with Crippen LogP contribution in [0.1, 0.15) is 73.1 Å². The van der Waals surface area contributed by atoms with Gasteiger partial charge >= 0.3 is 0 Å². The van der Waals surface area contributed by atoms with Crippen LogP contribution in [-0.2, 0) is 0 Å². The van der Waals surface area contributed by atoms with Gasteiger partial charge in [-0.1, -0.05) is 47.1 Å². The van der Waals surface area contributed by atoms with Gasteiger partial charge in [-0.2, -0.15) is 0 Å². The standard InChI is InChI=1S/C19H36N2/c1-8-12-16(5)13-14-19(20-11-4)18(10-3)17(6)21(7)15-9-2/h11,16H,4,8-10,12-15H2,1-3,5-7H3/b18-17+,20-19-. The highest BCUT2D eigenvalue weighted by Gasteiger charge is 2.13. The Kier molecular flexibility index (Phi) is 11.0. The molecule has 1 unspecified atom stereocenters. The maximum absolute atomic E-state index is 4.59. The van der Waals surface area contributed by atoms with E-state index in [1.54, 1.807) is 6.20 Å². The summed E-state index contributed by atoms with van der Waals surface area (Å²) < 4.78 is 0. The van der Waals surface area contributed by atoms with Gasteiger partial charge < -0.3 is 4.90 Å².